The van der Waals surface area contributed by atoms with Crippen molar-refractivity contribution in [2.24, 2.45) is 0 Å². The number of hydrogen-bond donors (Lipinski definition) is 1. The third kappa shape index (κ3) is 2.90. The summed E-state index contributed by atoms with van der Waals surface area (Å²) in [5.74, 6) is 0.974. The smallest absolute Gasteiger partial charge is 0.105 e. The molecule has 0 bridgehead atoms. The summed E-state index contributed by atoms with van der Waals surface area (Å²) < 4.78 is 13.7. The quantitative estimate of drug-likeness (QED) is 0.838. The van der Waals surface area contributed by atoms with Crippen molar-refractivity contribution in [2.45, 2.75) is 25.8 Å². The number of hydrogen-bond acceptors (Lipinski definition) is 5. The van der Waals surface area contributed by atoms with Crippen molar-refractivity contribution < 1.29 is 4.42 Å². The van der Waals surface area contributed by atoms with Crippen molar-refractivity contribution in [3.05, 3.63) is 36.0 Å². The van der Waals surface area contributed by atoms with Crippen LogP contribution in [0.2, 0.25) is 0 Å². The van der Waals surface area contributed by atoms with Crippen molar-refractivity contribution in [3.63, 3.8) is 0 Å². The second kappa shape index (κ2) is 5.77. The Morgan fingerprint density at radius 1 is 1.56 bits per heavy atom. The second-order valence-electron chi connectivity index (χ2n) is 3.62. The molecule has 0 saturated heterocycles. The first-order valence-corrected chi connectivity index (χ1v) is 6.16. The van der Waals surface area contributed by atoms with Crippen LogP contribution in [0.15, 0.2) is 29.0 Å². The van der Waals surface area contributed by atoms with Crippen molar-refractivity contribution >= 4 is 11.7 Å². The summed E-state index contributed by atoms with van der Waals surface area (Å²) in [5, 5.41) is 3.45. The van der Waals surface area contributed by atoms with Crippen LogP contribution in [0.4, 0.5) is 0 Å². The van der Waals surface area contributed by atoms with Crippen LogP contribution in [-0.2, 0) is 6.42 Å². The number of furan rings is 1. The van der Waals surface area contributed by atoms with Crippen molar-refractivity contribution in [1.82, 2.24) is 14.1 Å². The van der Waals surface area contributed by atoms with E-state index in [4.69, 9.17) is 4.42 Å². The van der Waals surface area contributed by atoms with Crippen LogP contribution in [0.1, 0.15) is 30.8 Å². The highest BCUT2D eigenvalue weighted by Gasteiger charge is 2.15. The minimum absolute atomic E-state index is 0.199. The van der Waals surface area contributed by atoms with Gasteiger partial charge in [0, 0.05) is 6.42 Å². The molecule has 2 aromatic rings. The maximum absolute atomic E-state index is 5.36. The molecule has 16 heavy (non-hydrogen) atoms. The summed E-state index contributed by atoms with van der Waals surface area (Å²) in [6.07, 6.45) is 5.44. The Hall–Kier alpha value is -1.20. The monoisotopic (exact) mass is 237 g/mol. The molecule has 5 heteroatoms. The third-order valence-corrected chi connectivity index (χ3v) is 2.85. The molecule has 0 saturated carbocycles. The van der Waals surface area contributed by atoms with Gasteiger partial charge in [-0.05, 0) is 25.1 Å². The first kappa shape index (κ1) is 11.3. The fraction of sp³-hybridized carbons (Fsp3) is 0.455. The number of aromatic nitrogens is 2. The molecule has 0 amide bonds. The van der Waals surface area contributed by atoms with Gasteiger partial charge >= 0.3 is 0 Å². The Labute approximate surface area is 99.0 Å². The minimum atomic E-state index is 0.199. The second-order valence-corrected chi connectivity index (χ2v) is 4.18. The molecular formula is C11H15N3OS. The zero-order valence-corrected chi connectivity index (χ0v) is 10.0. The summed E-state index contributed by atoms with van der Waals surface area (Å²) >= 11 is 1.24. The molecule has 1 atom stereocenters. The first-order chi connectivity index (χ1) is 7.90. The highest BCUT2D eigenvalue weighted by molar-refractivity contribution is 6.99. The molecule has 0 spiro atoms. The highest BCUT2D eigenvalue weighted by Crippen LogP contribution is 2.17. The van der Waals surface area contributed by atoms with Crippen LogP contribution in [0.5, 0.6) is 0 Å². The lowest BCUT2D eigenvalue weighted by atomic mass is 10.1. The largest absolute Gasteiger partial charge is 0.469 e. The van der Waals surface area contributed by atoms with E-state index in [0.717, 1.165) is 30.8 Å². The van der Waals surface area contributed by atoms with Gasteiger partial charge in [-0.2, -0.15) is 8.75 Å². The fourth-order valence-corrected chi connectivity index (χ4v) is 2.03. The molecular weight excluding hydrogens is 222 g/mol. The van der Waals surface area contributed by atoms with Gasteiger partial charge in [-0.1, -0.05) is 6.92 Å². The Morgan fingerprint density at radius 3 is 3.12 bits per heavy atom. The Balaban J connectivity index is 2.03. The zero-order valence-electron chi connectivity index (χ0n) is 9.22. The molecule has 4 nitrogen and oxygen atoms in total. The summed E-state index contributed by atoms with van der Waals surface area (Å²) in [4.78, 5) is 0. The van der Waals surface area contributed by atoms with Gasteiger partial charge in [0.05, 0.1) is 35.9 Å². The minimum Gasteiger partial charge on any atom is -0.469 e. The molecule has 0 aliphatic carbocycles. The van der Waals surface area contributed by atoms with E-state index in [1.807, 2.05) is 18.3 Å². The lowest BCUT2D eigenvalue weighted by Crippen LogP contribution is -2.24. The van der Waals surface area contributed by atoms with E-state index >= 15 is 0 Å². The first-order valence-electron chi connectivity index (χ1n) is 5.43. The maximum Gasteiger partial charge on any atom is 0.105 e. The molecule has 0 fully saturated rings. The summed E-state index contributed by atoms with van der Waals surface area (Å²) in [7, 11) is 0. The van der Waals surface area contributed by atoms with Crippen molar-refractivity contribution in [2.75, 3.05) is 6.54 Å². The molecule has 2 heterocycles. The van der Waals surface area contributed by atoms with Crippen LogP contribution in [-0.4, -0.2) is 15.3 Å². The molecule has 0 radical (unpaired) electrons. The Bertz CT molecular complexity index is 385. The molecule has 2 aromatic heterocycles. The van der Waals surface area contributed by atoms with E-state index in [1.165, 1.54) is 11.7 Å². The van der Waals surface area contributed by atoms with Gasteiger partial charge in [0.1, 0.15) is 5.76 Å². The average Bonchev–Trinajstić information content (AvgIpc) is 2.96. The van der Waals surface area contributed by atoms with Crippen LogP contribution in [0.3, 0.4) is 0 Å². The summed E-state index contributed by atoms with van der Waals surface area (Å²) in [6, 6.07) is 4.09. The lowest BCUT2D eigenvalue weighted by molar-refractivity contribution is 0.445. The van der Waals surface area contributed by atoms with Gasteiger partial charge in [0.2, 0.25) is 0 Å². The molecule has 0 aliphatic heterocycles. The van der Waals surface area contributed by atoms with E-state index < -0.39 is 0 Å². The van der Waals surface area contributed by atoms with Gasteiger partial charge in [0.25, 0.3) is 0 Å². The predicted octanol–water partition coefficient (Wildman–Crippen LogP) is 2.41. The van der Waals surface area contributed by atoms with E-state index in [2.05, 4.69) is 21.0 Å². The van der Waals surface area contributed by atoms with Crippen LogP contribution < -0.4 is 5.32 Å². The maximum atomic E-state index is 5.36. The number of nitrogens with one attached hydrogen (secondary N) is 1. The average molecular weight is 237 g/mol. The van der Waals surface area contributed by atoms with E-state index in [1.54, 1.807) is 6.26 Å². The Kier molecular flexibility index (Phi) is 4.07. The molecule has 86 valence electrons. The van der Waals surface area contributed by atoms with E-state index in [9.17, 15) is 0 Å². The van der Waals surface area contributed by atoms with Crippen molar-refractivity contribution in [1.29, 1.82) is 0 Å². The third-order valence-electron chi connectivity index (χ3n) is 2.36. The van der Waals surface area contributed by atoms with Gasteiger partial charge < -0.3 is 9.73 Å². The van der Waals surface area contributed by atoms with Crippen LogP contribution in [0, 0.1) is 0 Å². The van der Waals surface area contributed by atoms with E-state index in [0.29, 0.717) is 0 Å². The fourth-order valence-electron chi connectivity index (χ4n) is 1.56. The SMILES string of the molecule is CCCNC(Cc1ccco1)c1cnsn1. The molecule has 0 aliphatic rings. The molecule has 2 rings (SSSR count). The van der Waals surface area contributed by atoms with Gasteiger partial charge in [-0.3, -0.25) is 0 Å². The predicted molar refractivity (Wildman–Crippen MR) is 63.4 cm³/mol. The van der Waals surface area contributed by atoms with Crippen LogP contribution >= 0.6 is 11.7 Å². The zero-order chi connectivity index (χ0) is 11.2. The molecule has 1 unspecified atom stereocenters. The van der Waals surface area contributed by atoms with Gasteiger partial charge in [0.15, 0.2) is 0 Å². The molecule has 0 aromatic carbocycles. The summed E-state index contributed by atoms with van der Waals surface area (Å²) in [5.41, 5.74) is 0.995. The normalized spacial score (nSPS) is 12.8. The van der Waals surface area contributed by atoms with Gasteiger partial charge in [-0.15, -0.1) is 0 Å². The Morgan fingerprint density at radius 2 is 2.50 bits per heavy atom. The summed E-state index contributed by atoms with van der Waals surface area (Å²) in [6.45, 7) is 3.12. The van der Waals surface area contributed by atoms with Crippen molar-refractivity contribution in [3.8, 4) is 0 Å². The van der Waals surface area contributed by atoms with Crippen LogP contribution in [0.25, 0.3) is 0 Å². The molecule has 1 N–H and O–H groups in total. The standard InChI is InChI=1S/C11H15N3OS/c1-2-5-12-10(11-8-13-16-14-11)7-9-4-3-6-15-9/h3-4,6,8,10,12H,2,5,7H2,1H3. The van der Waals surface area contributed by atoms with Gasteiger partial charge in [-0.25, -0.2) is 0 Å². The number of nitrogens with zero attached hydrogens (tertiary/aromatic N) is 2. The van der Waals surface area contributed by atoms with E-state index in [-0.39, 0.29) is 6.04 Å². The topological polar surface area (TPSA) is 51.0 Å². The highest BCUT2D eigenvalue weighted by atomic mass is 32.1. The number of rotatable bonds is 6. The lowest BCUT2D eigenvalue weighted by Gasteiger charge is -2.14.